The first-order chi connectivity index (χ1) is 11.1. The third-order valence-electron chi connectivity index (χ3n) is 4.72. The molecule has 0 amide bonds. The van der Waals surface area contributed by atoms with E-state index in [1.54, 1.807) is 0 Å². The standard InChI is InChI=1S/C17H19F2N3O/c18-13-4-1-11(7-14(13)19)17(23)9-21-6-5-16-15(8-21)20-10-22(16)12-2-3-12/h1,4,7,10,12,17,23H,2-3,5-6,8-9H2/t17-/m0/s1. The maximum absolute atomic E-state index is 13.3. The van der Waals surface area contributed by atoms with E-state index in [-0.39, 0.29) is 0 Å². The summed E-state index contributed by atoms with van der Waals surface area (Å²) in [4.78, 5) is 6.61. The van der Waals surface area contributed by atoms with Gasteiger partial charge in [0, 0.05) is 37.8 Å². The minimum atomic E-state index is -0.925. The molecule has 1 aliphatic carbocycles. The number of imidazole rings is 1. The molecule has 2 heterocycles. The van der Waals surface area contributed by atoms with Gasteiger partial charge in [-0.15, -0.1) is 0 Å². The molecule has 1 atom stereocenters. The van der Waals surface area contributed by atoms with Crippen LogP contribution in [0.1, 0.15) is 41.9 Å². The van der Waals surface area contributed by atoms with Crippen LogP contribution in [-0.4, -0.2) is 32.6 Å². The molecule has 23 heavy (non-hydrogen) atoms. The number of hydrogen-bond donors (Lipinski definition) is 1. The normalized spacial score (nSPS) is 19.6. The third kappa shape index (κ3) is 2.88. The van der Waals surface area contributed by atoms with Gasteiger partial charge in [0.25, 0.3) is 0 Å². The van der Waals surface area contributed by atoms with Crippen LogP contribution in [0.3, 0.4) is 0 Å². The highest BCUT2D eigenvalue weighted by atomic mass is 19.2. The smallest absolute Gasteiger partial charge is 0.159 e. The van der Waals surface area contributed by atoms with Gasteiger partial charge < -0.3 is 9.67 Å². The molecular weight excluding hydrogens is 300 g/mol. The zero-order valence-electron chi connectivity index (χ0n) is 12.8. The molecule has 2 aromatic rings. The van der Waals surface area contributed by atoms with Crippen molar-refractivity contribution in [1.29, 1.82) is 0 Å². The fourth-order valence-corrected chi connectivity index (χ4v) is 3.28. The first kappa shape index (κ1) is 14.8. The topological polar surface area (TPSA) is 41.3 Å². The van der Waals surface area contributed by atoms with Crippen molar-refractivity contribution in [3.63, 3.8) is 0 Å². The number of rotatable bonds is 4. The molecule has 1 fully saturated rings. The van der Waals surface area contributed by atoms with Gasteiger partial charge in [-0.05, 0) is 30.5 Å². The molecule has 0 saturated heterocycles. The summed E-state index contributed by atoms with van der Waals surface area (Å²) in [7, 11) is 0. The maximum Gasteiger partial charge on any atom is 0.159 e. The van der Waals surface area contributed by atoms with E-state index in [0.717, 1.165) is 30.8 Å². The van der Waals surface area contributed by atoms with Crippen LogP contribution in [0.4, 0.5) is 8.78 Å². The van der Waals surface area contributed by atoms with E-state index in [2.05, 4.69) is 14.5 Å². The molecule has 1 N–H and O–H groups in total. The lowest BCUT2D eigenvalue weighted by atomic mass is 10.1. The summed E-state index contributed by atoms with van der Waals surface area (Å²) < 4.78 is 28.6. The van der Waals surface area contributed by atoms with Crippen LogP contribution in [0.5, 0.6) is 0 Å². The summed E-state index contributed by atoms with van der Waals surface area (Å²) in [6.07, 6.45) is 4.48. The van der Waals surface area contributed by atoms with Crippen LogP contribution in [0, 0.1) is 11.6 Å². The number of aliphatic hydroxyl groups is 1. The Hall–Kier alpha value is -1.79. The molecule has 1 aliphatic heterocycles. The van der Waals surface area contributed by atoms with Crippen LogP contribution < -0.4 is 0 Å². The van der Waals surface area contributed by atoms with E-state index >= 15 is 0 Å². The van der Waals surface area contributed by atoms with Crippen LogP contribution in [0.2, 0.25) is 0 Å². The van der Waals surface area contributed by atoms with Crippen molar-refractivity contribution in [2.24, 2.45) is 0 Å². The number of benzene rings is 1. The molecule has 4 rings (SSSR count). The molecular formula is C17H19F2N3O. The highest BCUT2D eigenvalue weighted by Crippen LogP contribution is 2.37. The van der Waals surface area contributed by atoms with Gasteiger partial charge >= 0.3 is 0 Å². The Bertz CT molecular complexity index is 727. The van der Waals surface area contributed by atoms with Gasteiger partial charge in [0.1, 0.15) is 0 Å². The van der Waals surface area contributed by atoms with Crippen molar-refractivity contribution < 1.29 is 13.9 Å². The second-order valence-corrected chi connectivity index (χ2v) is 6.45. The van der Waals surface area contributed by atoms with Crippen LogP contribution >= 0.6 is 0 Å². The van der Waals surface area contributed by atoms with Crippen molar-refractivity contribution in [3.8, 4) is 0 Å². The third-order valence-corrected chi connectivity index (χ3v) is 4.72. The number of aromatic nitrogens is 2. The molecule has 0 bridgehead atoms. The molecule has 1 aromatic heterocycles. The molecule has 4 nitrogen and oxygen atoms in total. The van der Waals surface area contributed by atoms with E-state index in [1.807, 2.05) is 6.33 Å². The second-order valence-electron chi connectivity index (χ2n) is 6.45. The number of nitrogens with zero attached hydrogens (tertiary/aromatic N) is 3. The summed E-state index contributed by atoms with van der Waals surface area (Å²) in [6, 6.07) is 4.18. The SMILES string of the molecule is O[C@@H](CN1CCc2c(ncn2C2CC2)C1)c1ccc(F)c(F)c1. The van der Waals surface area contributed by atoms with Crippen molar-refractivity contribution in [3.05, 3.63) is 53.1 Å². The van der Waals surface area contributed by atoms with Crippen molar-refractivity contribution in [2.45, 2.75) is 38.0 Å². The summed E-state index contributed by atoms with van der Waals surface area (Å²) >= 11 is 0. The Morgan fingerprint density at radius 3 is 2.83 bits per heavy atom. The molecule has 0 spiro atoms. The highest BCUT2D eigenvalue weighted by Gasteiger charge is 2.30. The lowest BCUT2D eigenvalue weighted by molar-refractivity contribution is 0.104. The van der Waals surface area contributed by atoms with Crippen molar-refractivity contribution >= 4 is 0 Å². The number of fused-ring (bicyclic) bond motifs is 1. The van der Waals surface area contributed by atoms with E-state index in [0.29, 0.717) is 24.7 Å². The molecule has 2 aliphatic rings. The fraction of sp³-hybridized carbons (Fsp3) is 0.471. The molecule has 1 aromatic carbocycles. The Labute approximate surface area is 133 Å². The largest absolute Gasteiger partial charge is 0.387 e. The second kappa shape index (κ2) is 5.69. The summed E-state index contributed by atoms with van der Waals surface area (Å²) in [5.41, 5.74) is 2.78. The Morgan fingerprint density at radius 1 is 1.26 bits per heavy atom. The predicted octanol–water partition coefficient (Wildman–Crippen LogP) is 2.59. The molecule has 0 radical (unpaired) electrons. The number of halogens is 2. The number of hydrogen-bond acceptors (Lipinski definition) is 3. The zero-order chi connectivity index (χ0) is 16.0. The van der Waals surface area contributed by atoms with E-state index < -0.39 is 17.7 Å². The quantitative estimate of drug-likeness (QED) is 0.942. The number of β-amino-alcohol motifs (C(OH)–C–C–N with tert-alkyl or cyclic N) is 1. The summed E-state index contributed by atoms with van der Waals surface area (Å²) in [5.74, 6) is -1.82. The molecule has 122 valence electrons. The first-order valence-corrected chi connectivity index (χ1v) is 8.02. The van der Waals surface area contributed by atoms with Crippen molar-refractivity contribution in [2.75, 3.05) is 13.1 Å². The first-order valence-electron chi connectivity index (χ1n) is 8.02. The fourth-order valence-electron chi connectivity index (χ4n) is 3.28. The molecule has 6 heteroatoms. The average Bonchev–Trinajstić information content (AvgIpc) is 3.30. The van der Waals surface area contributed by atoms with Crippen LogP contribution in [0.25, 0.3) is 0 Å². The van der Waals surface area contributed by atoms with Gasteiger partial charge in [0.2, 0.25) is 0 Å². The Kier molecular flexibility index (Phi) is 3.66. The monoisotopic (exact) mass is 319 g/mol. The van der Waals surface area contributed by atoms with Gasteiger partial charge in [-0.25, -0.2) is 13.8 Å². The summed E-state index contributed by atoms with van der Waals surface area (Å²) in [6.45, 7) is 1.92. The van der Waals surface area contributed by atoms with E-state index in [9.17, 15) is 13.9 Å². The Balaban J connectivity index is 1.44. The molecule has 1 saturated carbocycles. The van der Waals surface area contributed by atoms with Crippen LogP contribution in [0.15, 0.2) is 24.5 Å². The van der Waals surface area contributed by atoms with Gasteiger partial charge in [-0.3, -0.25) is 4.90 Å². The Morgan fingerprint density at radius 2 is 2.09 bits per heavy atom. The minimum absolute atomic E-state index is 0.390. The van der Waals surface area contributed by atoms with Gasteiger partial charge in [0.05, 0.1) is 18.1 Å². The summed E-state index contributed by atoms with van der Waals surface area (Å²) in [5, 5.41) is 10.3. The van der Waals surface area contributed by atoms with Gasteiger partial charge in [-0.1, -0.05) is 6.07 Å². The average molecular weight is 319 g/mol. The predicted molar refractivity (Wildman–Crippen MR) is 80.8 cm³/mol. The number of aliphatic hydroxyl groups excluding tert-OH is 1. The van der Waals surface area contributed by atoms with Crippen molar-refractivity contribution in [1.82, 2.24) is 14.5 Å². The van der Waals surface area contributed by atoms with Gasteiger partial charge in [-0.2, -0.15) is 0 Å². The van der Waals surface area contributed by atoms with Gasteiger partial charge in [0.15, 0.2) is 11.6 Å². The maximum atomic E-state index is 13.3. The highest BCUT2D eigenvalue weighted by molar-refractivity contribution is 5.22. The molecule has 0 unspecified atom stereocenters. The zero-order valence-corrected chi connectivity index (χ0v) is 12.8. The minimum Gasteiger partial charge on any atom is -0.387 e. The van der Waals surface area contributed by atoms with Crippen LogP contribution in [-0.2, 0) is 13.0 Å². The lowest BCUT2D eigenvalue weighted by Gasteiger charge is -2.29. The lowest BCUT2D eigenvalue weighted by Crippen LogP contribution is -2.34. The van der Waals surface area contributed by atoms with E-state index in [4.69, 9.17) is 0 Å². The van der Waals surface area contributed by atoms with E-state index in [1.165, 1.54) is 24.6 Å².